The molecule has 4 aromatic heterocycles. The molecule has 0 aliphatic heterocycles. The van der Waals surface area contributed by atoms with Gasteiger partial charge in [0.05, 0.1) is 31.4 Å². The van der Waals surface area contributed by atoms with Crippen molar-refractivity contribution in [3.8, 4) is 20.9 Å². The number of carbonyl (C=O) groups is 1. The number of hydrogen-bond acceptors (Lipinski definition) is 7. The summed E-state index contributed by atoms with van der Waals surface area (Å²) in [5, 5.41) is 0. The fraction of sp³-hybridized carbons (Fsp3) is 0.558. The van der Waals surface area contributed by atoms with Gasteiger partial charge in [-0.15, -0.1) is 22.7 Å². The van der Waals surface area contributed by atoms with E-state index in [2.05, 4.69) is 61.8 Å². The first-order chi connectivity index (χ1) is 25.0. The van der Waals surface area contributed by atoms with E-state index in [1.807, 2.05) is 6.07 Å². The standard InChI is InChI=1S/C43H57BrN4OS2/c1-5-9-13-17-21-31-33(23-19-15-11-7-3)47-42-39(36-27-28-37(44)51-36)43-41(38(40(42)45-31)35-26-25-30(29-49)50-35)46-32(22-18-14-10-6-2)34(48-43)24-20-16-12-8-4/h25-29H,5-24H2,1-4H3. The second-order valence-electron chi connectivity index (χ2n) is 14.0. The average molecular weight is 790 g/mol. The summed E-state index contributed by atoms with van der Waals surface area (Å²) in [7, 11) is 0. The quantitative estimate of drug-likeness (QED) is 0.0374. The van der Waals surface area contributed by atoms with Crippen LogP contribution in [0.15, 0.2) is 28.1 Å². The van der Waals surface area contributed by atoms with Crippen LogP contribution in [0, 0.1) is 0 Å². The zero-order chi connectivity index (χ0) is 36.0. The Morgan fingerprint density at radius 1 is 0.490 bits per heavy atom. The molecule has 0 bridgehead atoms. The molecule has 274 valence electrons. The topological polar surface area (TPSA) is 68.6 Å². The molecule has 5 rings (SSSR count). The molecule has 0 N–H and O–H groups in total. The lowest BCUT2D eigenvalue weighted by molar-refractivity contribution is 0.112. The maximum absolute atomic E-state index is 12.0. The zero-order valence-corrected chi connectivity index (χ0v) is 34.6. The summed E-state index contributed by atoms with van der Waals surface area (Å²) < 4.78 is 1.08. The van der Waals surface area contributed by atoms with Crippen LogP contribution in [0.4, 0.5) is 0 Å². The highest BCUT2D eigenvalue weighted by Gasteiger charge is 2.26. The fourth-order valence-electron chi connectivity index (χ4n) is 7.07. The van der Waals surface area contributed by atoms with Crippen molar-refractivity contribution in [2.24, 2.45) is 0 Å². The summed E-state index contributed by atoms with van der Waals surface area (Å²) in [5.41, 5.74) is 10.2. The van der Waals surface area contributed by atoms with E-state index in [0.29, 0.717) is 4.88 Å². The van der Waals surface area contributed by atoms with Crippen molar-refractivity contribution in [1.82, 2.24) is 19.9 Å². The Balaban J connectivity index is 1.83. The van der Waals surface area contributed by atoms with Crippen molar-refractivity contribution in [3.05, 3.63) is 55.7 Å². The van der Waals surface area contributed by atoms with Crippen molar-refractivity contribution in [1.29, 1.82) is 0 Å². The van der Waals surface area contributed by atoms with Crippen LogP contribution in [0.5, 0.6) is 0 Å². The normalized spacial score (nSPS) is 11.7. The predicted octanol–water partition coefficient (Wildman–Crippen LogP) is 14.1. The summed E-state index contributed by atoms with van der Waals surface area (Å²) >= 11 is 7.01. The van der Waals surface area contributed by atoms with Crippen molar-refractivity contribution in [3.63, 3.8) is 0 Å². The first kappa shape index (κ1) is 39.7. The lowest BCUT2D eigenvalue weighted by atomic mass is 9.98. The van der Waals surface area contributed by atoms with Crippen LogP contribution in [-0.2, 0) is 25.7 Å². The molecule has 0 aliphatic rings. The van der Waals surface area contributed by atoms with Gasteiger partial charge in [-0.2, -0.15) is 0 Å². The summed E-state index contributed by atoms with van der Waals surface area (Å²) in [6.45, 7) is 9.06. The van der Waals surface area contributed by atoms with Gasteiger partial charge in [0.25, 0.3) is 0 Å². The molecule has 0 saturated carbocycles. The Kier molecular flexibility index (Phi) is 16.0. The molecule has 0 aliphatic carbocycles. The number of fused-ring (bicyclic) bond motifs is 2. The van der Waals surface area contributed by atoms with Gasteiger partial charge in [-0.05, 0) is 91.6 Å². The number of unbranched alkanes of at least 4 members (excludes halogenated alkanes) is 12. The third-order valence-corrected chi connectivity index (χ3v) is 12.6. The van der Waals surface area contributed by atoms with Gasteiger partial charge in [0.15, 0.2) is 6.29 Å². The Labute approximate surface area is 322 Å². The smallest absolute Gasteiger partial charge is 0.160 e. The first-order valence-electron chi connectivity index (χ1n) is 19.9. The van der Waals surface area contributed by atoms with Gasteiger partial charge in [-0.25, -0.2) is 19.9 Å². The number of carbonyl (C=O) groups excluding carboxylic acids is 1. The number of aryl methyl sites for hydroxylation is 4. The van der Waals surface area contributed by atoms with E-state index in [1.165, 1.54) is 88.4 Å². The molecule has 0 unspecified atom stereocenters. The van der Waals surface area contributed by atoms with Gasteiger partial charge in [0.2, 0.25) is 0 Å². The van der Waals surface area contributed by atoms with Crippen LogP contribution in [-0.4, -0.2) is 26.2 Å². The van der Waals surface area contributed by atoms with Crippen LogP contribution in [0.2, 0.25) is 0 Å². The minimum atomic E-state index is 0.707. The number of thiophene rings is 2. The van der Waals surface area contributed by atoms with Crippen molar-refractivity contribution in [2.45, 2.75) is 156 Å². The summed E-state index contributed by atoms with van der Waals surface area (Å²) in [6.07, 6.45) is 23.8. The highest BCUT2D eigenvalue weighted by Crippen LogP contribution is 2.45. The SMILES string of the molecule is CCCCCCc1nc2c(-c3ccc(Br)s3)c3nc(CCCCCC)c(CCCCCC)nc3c(-c3ccc(C=O)s3)c2nc1CCCCCC. The van der Waals surface area contributed by atoms with E-state index in [-0.39, 0.29) is 0 Å². The van der Waals surface area contributed by atoms with Gasteiger partial charge in [0.1, 0.15) is 22.1 Å². The van der Waals surface area contributed by atoms with Gasteiger partial charge >= 0.3 is 0 Å². The third-order valence-electron chi connectivity index (χ3n) is 9.93. The van der Waals surface area contributed by atoms with E-state index in [9.17, 15) is 4.79 Å². The maximum Gasteiger partial charge on any atom is 0.160 e. The molecule has 0 radical (unpaired) electrons. The molecule has 0 fully saturated rings. The maximum atomic E-state index is 12.0. The number of halogens is 1. The van der Waals surface area contributed by atoms with Crippen LogP contribution < -0.4 is 0 Å². The molecule has 0 amide bonds. The number of hydrogen-bond donors (Lipinski definition) is 0. The molecule has 0 saturated heterocycles. The van der Waals surface area contributed by atoms with Gasteiger partial charge in [-0.1, -0.05) is 105 Å². The molecule has 8 heteroatoms. The minimum Gasteiger partial charge on any atom is -0.297 e. The molecule has 5 aromatic rings. The van der Waals surface area contributed by atoms with E-state index >= 15 is 0 Å². The minimum absolute atomic E-state index is 0.707. The van der Waals surface area contributed by atoms with E-state index < -0.39 is 0 Å². The van der Waals surface area contributed by atoms with E-state index in [0.717, 1.165) is 127 Å². The number of aromatic nitrogens is 4. The Bertz CT molecular complexity index is 1770. The molecular formula is C43H57BrN4OS2. The van der Waals surface area contributed by atoms with Crippen molar-refractivity contribution < 1.29 is 4.79 Å². The Morgan fingerprint density at radius 3 is 1.14 bits per heavy atom. The first-order valence-corrected chi connectivity index (χ1v) is 22.3. The lowest BCUT2D eigenvalue weighted by Crippen LogP contribution is -2.09. The monoisotopic (exact) mass is 788 g/mol. The average Bonchev–Trinajstić information content (AvgIpc) is 3.80. The van der Waals surface area contributed by atoms with E-state index in [4.69, 9.17) is 19.9 Å². The van der Waals surface area contributed by atoms with Crippen LogP contribution in [0.3, 0.4) is 0 Å². The van der Waals surface area contributed by atoms with E-state index in [1.54, 1.807) is 11.3 Å². The molecule has 0 spiro atoms. The second kappa shape index (κ2) is 20.6. The molecular weight excluding hydrogens is 733 g/mol. The fourth-order valence-corrected chi connectivity index (χ4v) is 9.38. The molecule has 5 nitrogen and oxygen atoms in total. The summed E-state index contributed by atoms with van der Waals surface area (Å²) in [5.74, 6) is 0. The van der Waals surface area contributed by atoms with Gasteiger partial charge in [0, 0.05) is 20.9 Å². The molecule has 4 heterocycles. The van der Waals surface area contributed by atoms with Gasteiger partial charge in [-0.3, -0.25) is 4.79 Å². The van der Waals surface area contributed by atoms with Crippen molar-refractivity contribution in [2.75, 3.05) is 0 Å². The number of rotatable bonds is 23. The largest absolute Gasteiger partial charge is 0.297 e. The summed E-state index contributed by atoms with van der Waals surface area (Å²) in [4.78, 5) is 37.3. The highest BCUT2D eigenvalue weighted by molar-refractivity contribution is 9.11. The zero-order valence-electron chi connectivity index (χ0n) is 31.4. The number of aldehydes is 1. The summed E-state index contributed by atoms with van der Waals surface area (Å²) in [6, 6.07) is 8.33. The van der Waals surface area contributed by atoms with Crippen LogP contribution in [0.1, 0.15) is 163 Å². The molecule has 51 heavy (non-hydrogen) atoms. The van der Waals surface area contributed by atoms with Gasteiger partial charge < -0.3 is 0 Å². The van der Waals surface area contributed by atoms with Crippen LogP contribution >= 0.6 is 38.6 Å². The Morgan fingerprint density at radius 2 is 0.843 bits per heavy atom. The number of nitrogens with zero attached hydrogens (tertiary/aromatic N) is 4. The Hall–Kier alpha value is -2.55. The molecule has 0 atom stereocenters. The lowest BCUT2D eigenvalue weighted by Gasteiger charge is -2.19. The molecule has 1 aromatic carbocycles. The van der Waals surface area contributed by atoms with Crippen molar-refractivity contribution >= 4 is 67.0 Å². The highest BCUT2D eigenvalue weighted by atomic mass is 79.9. The predicted molar refractivity (Wildman–Crippen MR) is 224 cm³/mol. The number of benzene rings is 1. The second-order valence-corrected chi connectivity index (χ2v) is 17.6. The van der Waals surface area contributed by atoms with Crippen LogP contribution in [0.25, 0.3) is 42.9 Å². The third kappa shape index (κ3) is 10.3.